The lowest BCUT2D eigenvalue weighted by Crippen LogP contribution is -2.32. The fourth-order valence-corrected chi connectivity index (χ4v) is 2.32. The van der Waals surface area contributed by atoms with Gasteiger partial charge in [-0.2, -0.15) is 0 Å². The van der Waals surface area contributed by atoms with Crippen LogP contribution in [0.5, 0.6) is 11.5 Å². The summed E-state index contributed by atoms with van der Waals surface area (Å²) in [6.07, 6.45) is -0.0610. The van der Waals surface area contributed by atoms with Crippen LogP contribution in [0.1, 0.15) is 18.9 Å². The quantitative estimate of drug-likeness (QED) is 0.803. The van der Waals surface area contributed by atoms with E-state index in [1.165, 1.54) is 0 Å². The van der Waals surface area contributed by atoms with Crippen LogP contribution in [0.3, 0.4) is 0 Å². The first-order valence-electron chi connectivity index (χ1n) is 7.86. The number of para-hydroxylation sites is 2. The molecule has 0 aliphatic heterocycles. The van der Waals surface area contributed by atoms with Gasteiger partial charge in [-0.3, -0.25) is 4.79 Å². The minimum absolute atomic E-state index is 0.196. The number of rotatable bonds is 8. The van der Waals surface area contributed by atoms with Gasteiger partial charge in [0, 0.05) is 12.8 Å². The van der Waals surface area contributed by atoms with Crippen molar-refractivity contribution >= 4 is 11.6 Å². The van der Waals surface area contributed by atoms with Crippen molar-refractivity contribution in [1.29, 1.82) is 0 Å². The zero-order valence-corrected chi connectivity index (χ0v) is 14.2. The van der Waals surface area contributed by atoms with Gasteiger partial charge < -0.3 is 19.5 Å². The van der Waals surface area contributed by atoms with E-state index >= 15 is 0 Å². The number of hydrogen-bond acceptors (Lipinski definition) is 4. The summed E-state index contributed by atoms with van der Waals surface area (Å²) in [5, 5.41) is 2.89. The molecule has 0 heterocycles. The number of ether oxygens (including phenoxy) is 3. The first kappa shape index (κ1) is 17.8. The largest absolute Gasteiger partial charge is 0.493 e. The average Bonchev–Trinajstić information content (AvgIpc) is 2.60. The molecule has 1 N–H and O–H groups in total. The van der Waals surface area contributed by atoms with Gasteiger partial charge in [0.25, 0.3) is 5.91 Å². The Balaban J connectivity index is 2.07. The van der Waals surface area contributed by atoms with Gasteiger partial charge in [-0.15, -0.1) is 0 Å². The summed E-state index contributed by atoms with van der Waals surface area (Å²) in [4.78, 5) is 12.5. The van der Waals surface area contributed by atoms with Crippen molar-refractivity contribution in [3.05, 3.63) is 54.1 Å². The third kappa shape index (κ3) is 4.73. The Bertz CT molecular complexity index is 672. The molecule has 0 spiro atoms. The van der Waals surface area contributed by atoms with E-state index in [1.807, 2.05) is 43.3 Å². The Labute approximate surface area is 142 Å². The molecule has 1 atom stereocenters. The van der Waals surface area contributed by atoms with Gasteiger partial charge in [0.15, 0.2) is 17.6 Å². The summed E-state index contributed by atoms with van der Waals surface area (Å²) in [6.45, 7) is 2.40. The van der Waals surface area contributed by atoms with Gasteiger partial charge in [-0.05, 0) is 36.2 Å². The van der Waals surface area contributed by atoms with E-state index in [1.54, 1.807) is 26.4 Å². The highest BCUT2D eigenvalue weighted by molar-refractivity contribution is 5.94. The molecular formula is C19H23NO4. The van der Waals surface area contributed by atoms with Crippen LogP contribution in [0.15, 0.2) is 48.5 Å². The lowest BCUT2D eigenvalue weighted by molar-refractivity contribution is -0.122. The standard InChI is InChI=1S/C19H23NO4/c1-4-16(24-18-11-6-5-10-17(18)23-3)19(21)20-15-9-7-8-14(12-15)13-22-2/h5-12,16H,4,13H2,1-3H3,(H,20,21)/t16-/m1/s1. The molecule has 5 nitrogen and oxygen atoms in total. The van der Waals surface area contributed by atoms with E-state index in [0.29, 0.717) is 24.5 Å². The van der Waals surface area contributed by atoms with Gasteiger partial charge >= 0.3 is 0 Å². The Morgan fingerprint density at radius 3 is 2.50 bits per heavy atom. The fourth-order valence-electron chi connectivity index (χ4n) is 2.32. The molecule has 0 saturated heterocycles. The molecule has 2 rings (SSSR count). The predicted octanol–water partition coefficient (Wildman–Crippen LogP) is 3.64. The highest BCUT2D eigenvalue weighted by Gasteiger charge is 2.20. The molecule has 0 radical (unpaired) electrons. The maximum absolute atomic E-state index is 12.5. The molecule has 0 unspecified atom stereocenters. The van der Waals surface area contributed by atoms with Gasteiger partial charge in [-0.25, -0.2) is 0 Å². The van der Waals surface area contributed by atoms with E-state index < -0.39 is 6.10 Å². The normalized spacial score (nSPS) is 11.6. The summed E-state index contributed by atoms with van der Waals surface area (Å²) < 4.78 is 16.2. The molecule has 128 valence electrons. The summed E-state index contributed by atoms with van der Waals surface area (Å²) in [6, 6.07) is 14.8. The lowest BCUT2D eigenvalue weighted by Gasteiger charge is -2.19. The maximum atomic E-state index is 12.5. The number of benzene rings is 2. The van der Waals surface area contributed by atoms with Crippen LogP contribution in [0.4, 0.5) is 5.69 Å². The number of carbonyl (C=O) groups excluding carboxylic acids is 1. The molecule has 1 amide bonds. The summed E-state index contributed by atoms with van der Waals surface area (Å²) in [5.74, 6) is 0.957. The Hall–Kier alpha value is -2.53. The van der Waals surface area contributed by atoms with Crippen molar-refractivity contribution in [1.82, 2.24) is 0 Å². The lowest BCUT2D eigenvalue weighted by atomic mass is 10.2. The van der Waals surface area contributed by atoms with Gasteiger partial charge in [0.05, 0.1) is 13.7 Å². The zero-order chi connectivity index (χ0) is 17.4. The first-order chi connectivity index (χ1) is 11.7. The third-order valence-corrected chi connectivity index (χ3v) is 3.51. The highest BCUT2D eigenvalue weighted by Crippen LogP contribution is 2.27. The van der Waals surface area contributed by atoms with E-state index in [9.17, 15) is 4.79 Å². The second-order valence-electron chi connectivity index (χ2n) is 5.29. The topological polar surface area (TPSA) is 56.8 Å². The molecule has 2 aromatic rings. The van der Waals surface area contributed by atoms with E-state index in [0.717, 1.165) is 11.3 Å². The van der Waals surface area contributed by atoms with Crippen molar-refractivity contribution < 1.29 is 19.0 Å². The third-order valence-electron chi connectivity index (χ3n) is 3.51. The second-order valence-corrected chi connectivity index (χ2v) is 5.29. The zero-order valence-electron chi connectivity index (χ0n) is 14.2. The van der Waals surface area contributed by atoms with Crippen molar-refractivity contribution in [3.63, 3.8) is 0 Å². The number of anilines is 1. The molecule has 0 aliphatic carbocycles. The Morgan fingerprint density at radius 2 is 1.83 bits per heavy atom. The molecular weight excluding hydrogens is 306 g/mol. The van der Waals surface area contributed by atoms with Crippen molar-refractivity contribution in [2.24, 2.45) is 0 Å². The second kappa shape index (κ2) is 8.93. The summed E-state index contributed by atoms with van der Waals surface area (Å²) in [5.41, 5.74) is 1.71. The number of amides is 1. The average molecular weight is 329 g/mol. The monoisotopic (exact) mass is 329 g/mol. The summed E-state index contributed by atoms with van der Waals surface area (Å²) in [7, 11) is 3.21. The van der Waals surface area contributed by atoms with Gasteiger partial charge in [0.1, 0.15) is 0 Å². The smallest absolute Gasteiger partial charge is 0.265 e. The predicted molar refractivity (Wildman–Crippen MR) is 93.5 cm³/mol. The van der Waals surface area contributed by atoms with Crippen LogP contribution >= 0.6 is 0 Å². The van der Waals surface area contributed by atoms with Crippen LogP contribution in [-0.4, -0.2) is 26.2 Å². The van der Waals surface area contributed by atoms with Crippen LogP contribution in [0, 0.1) is 0 Å². The molecule has 0 aromatic heterocycles. The summed E-state index contributed by atoms with van der Waals surface area (Å²) >= 11 is 0. The molecule has 0 fully saturated rings. The number of hydrogen-bond donors (Lipinski definition) is 1. The molecule has 2 aromatic carbocycles. The van der Waals surface area contributed by atoms with E-state index in [2.05, 4.69) is 5.32 Å². The SMILES string of the molecule is CC[C@@H](Oc1ccccc1OC)C(=O)Nc1cccc(COC)c1. The number of nitrogens with one attached hydrogen (secondary N) is 1. The van der Waals surface area contributed by atoms with Gasteiger partial charge in [0.2, 0.25) is 0 Å². The molecule has 5 heteroatoms. The fraction of sp³-hybridized carbons (Fsp3) is 0.316. The number of methoxy groups -OCH3 is 2. The minimum Gasteiger partial charge on any atom is -0.493 e. The highest BCUT2D eigenvalue weighted by atomic mass is 16.5. The van der Waals surface area contributed by atoms with E-state index in [4.69, 9.17) is 14.2 Å². The molecule has 0 bridgehead atoms. The Kier molecular flexibility index (Phi) is 6.63. The van der Waals surface area contributed by atoms with Crippen molar-refractivity contribution in [2.45, 2.75) is 26.1 Å². The minimum atomic E-state index is -0.604. The molecule has 0 aliphatic rings. The maximum Gasteiger partial charge on any atom is 0.265 e. The molecule has 24 heavy (non-hydrogen) atoms. The first-order valence-corrected chi connectivity index (χ1v) is 7.86. The van der Waals surface area contributed by atoms with Crippen LogP contribution in [0.25, 0.3) is 0 Å². The van der Waals surface area contributed by atoms with Crippen molar-refractivity contribution in [2.75, 3.05) is 19.5 Å². The van der Waals surface area contributed by atoms with Crippen LogP contribution in [0.2, 0.25) is 0 Å². The Morgan fingerprint density at radius 1 is 1.08 bits per heavy atom. The van der Waals surface area contributed by atoms with Crippen molar-refractivity contribution in [3.8, 4) is 11.5 Å². The van der Waals surface area contributed by atoms with Gasteiger partial charge in [-0.1, -0.05) is 31.2 Å². The van der Waals surface area contributed by atoms with E-state index in [-0.39, 0.29) is 5.91 Å². The van der Waals surface area contributed by atoms with Crippen LogP contribution in [-0.2, 0) is 16.1 Å². The van der Waals surface area contributed by atoms with Crippen LogP contribution < -0.4 is 14.8 Å². The number of carbonyl (C=O) groups is 1. The molecule has 0 saturated carbocycles.